The van der Waals surface area contributed by atoms with Crippen LogP contribution in [0.3, 0.4) is 0 Å². The largest absolute Gasteiger partial charge is 0.497 e. The molecule has 1 aromatic rings. The molecule has 0 spiro atoms. The van der Waals surface area contributed by atoms with E-state index >= 15 is 0 Å². The van der Waals surface area contributed by atoms with Gasteiger partial charge in [0.15, 0.2) is 17.9 Å². The number of methoxy groups -OCH3 is 2. The predicted octanol–water partition coefficient (Wildman–Crippen LogP) is 1.76. The molecule has 3 aliphatic heterocycles. The van der Waals surface area contributed by atoms with E-state index in [0.29, 0.717) is 18.1 Å². The molecule has 0 saturated carbocycles. The molecule has 0 unspecified atom stereocenters. The zero-order valence-electron chi connectivity index (χ0n) is 18.8. The van der Waals surface area contributed by atoms with Gasteiger partial charge in [-0.05, 0) is 45.9 Å². The SMILES string of the molecule is COc1ccc(OC)c(CC(=O)N[C@H]2[C@H]3OC(C)(C)O[C@H]3O[C@@H]2[C@H]2COC(C)(C)O2)c1. The Labute approximate surface area is 182 Å². The summed E-state index contributed by atoms with van der Waals surface area (Å²) in [7, 11) is 3.15. The Hall–Kier alpha value is -1.91. The molecule has 1 N–H and O–H groups in total. The molecule has 0 aromatic heterocycles. The van der Waals surface area contributed by atoms with E-state index in [1.165, 1.54) is 0 Å². The lowest BCUT2D eigenvalue weighted by Crippen LogP contribution is -2.53. The first-order chi connectivity index (χ1) is 14.6. The molecule has 0 aliphatic carbocycles. The molecule has 31 heavy (non-hydrogen) atoms. The van der Waals surface area contributed by atoms with Crippen LogP contribution in [0.25, 0.3) is 0 Å². The van der Waals surface area contributed by atoms with E-state index in [9.17, 15) is 4.79 Å². The Bertz CT molecular complexity index is 826. The van der Waals surface area contributed by atoms with Gasteiger partial charge >= 0.3 is 0 Å². The highest BCUT2D eigenvalue weighted by molar-refractivity contribution is 5.80. The fraction of sp³-hybridized carbons (Fsp3) is 0.682. The van der Waals surface area contributed by atoms with Gasteiger partial charge in [0.1, 0.15) is 29.8 Å². The van der Waals surface area contributed by atoms with E-state index in [0.717, 1.165) is 5.56 Å². The number of fused-ring (bicyclic) bond motifs is 1. The maximum absolute atomic E-state index is 13.0. The third kappa shape index (κ3) is 4.65. The van der Waals surface area contributed by atoms with E-state index in [-0.39, 0.29) is 18.4 Å². The number of rotatable bonds is 6. The van der Waals surface area contributed by atoms with Gasteiger partial charge in [0, 0.05) is 5.56 Å². The summed E-state index contributed by atoms with van der Waals surface area (Å²) in [6.45, 7) is 7.70. The smallest absolute Gasteiger partial charge is 0.224 e. The lowest BCUT2D eigenvalue weighted by atomic mass is 10.0. The van der Waals surface area contributed by atoms with Gasteiger partial charge in [-0.25, -0.2) is 0 Å². The molecule has 0 radical (unpaired) electrons. The van der Waals surface area contributed by atoms with Crippen molar-refractivity contribution in [1.82, 2.24) is 5.32 Å². The molecule has 3 aliphatic rings. The highest BCUT2D eigenvalue weighted by Gasteiger charge is 2.58. The number of benzene rings is 1. The van der Waals surface area contributed by atoms with Gasteiger partial charge in [0.05, 0.1) is 33.3 Å². The number of hydrogen-bond donors (Lipinski definition) is 1. The molecule has 5 atom stereocenters. The minimum absolute atomic E-state index is 0.110. The minimum Gasteiger partial charge on any atom is -0.497 e. The Morgan fingerprint density at radius 3 is 2.48 bits per heavy atom. The van der Waals surface area contributed by atoms with E-state index in [4.69, 9.17) is 33.2 Å². The van der Waals surface area contributed by atoms with Gasteiger partial charge < -0.3 is 38.5 Å². The minimum atomic E-state index is -0.800. The molecular formula is C22H31NO8. The van der Waals surface area contributed by atoms with Crippen molar-refractivity contribution in [3.63, 3.8) is 0 Å². The summed E-state index contributed by atoms with van der Waals surface area (Å²) in [5, 5.41) is 3.08. The van der Waals surface area contributed by atoms with Crippen LogP contribution in [0.15, 0.2) is 18.2 Å². The van der Waals surface area contributed by atoms with Gasteiger partial charge in [0.2, 0.25) is 5.91 Å². The maximum Gasteiger partial charge on any atom is 0.224 e. The molecule has 3 fully saturated rings. The van der Waals surface area contributed by atoms with Crippen molar-refractivity contribution in [2.75, 3.05) is 20.8 Å². The van der Waals surface area contributed by atoms with E-state index in [1.807, 2.05) is 27.7 Å². The van der Waals surface area contributed by atoms with Crippen LogP contribution in [0.5, 0.6) is 11.5 Å². The Morgan fingerprint density at radius 1 is 1.06 bits per heavy atom. The van der Waals surface area contributed by atoms with Crippen LogP contribution in [0.4, 0.5) is 0 Å². The first-order valence-corrected chi connectivity index (χ1v) is 10.4. The van der Waals surface area contributed by atoms with Crippen LogP contribution in [-0.2, 0) is 34.9 Å². The number of ether oxygens (including phenoxy) is 7. The van der Waals surface area contributed by atoms with Crippen molar-refractivity contribution >= 4 is 5.91 Å². The summed E-state index contributed by atoms with van der Waals surface area (Å²) in [5.41, 5.74) is 0.719. The molecule has 1 amide bonds. The molecule has 3 saturated heterocycles. The predicted molar refractivity (Wildman–Crippen MR) is 109 cm³/mol. The first-order valence-electron chi connectivity index (χ1n) is 10.4. The van der Waals surface area contributed by atoms with Crippen LogP contribution in [-0.4, -0.2) is 69.0 Å². The van der Waals surface area contributed by atoms with Gasteiger partial charge in [-0.15, -0.1) is 0 Å². The van der Waals surface area contributed by atoms with Gasteiger partial charge in [-0.2, -0.15) is 0 Å². The lowest BCUT2D eigenvalue weighted by Gasteiger charge is -2.29. The van der Waals surface area contributed by atoms with Crippen molar-refractivity contribution in [2.24, 2.45) is 0 Å². The molecular weight excluding hydrogens is 406 g/mol. The van der Waals surface area contributed by atoms with Crippen molar-refractivity contribution < 1.29 is 38.0 Å². The van der Waals surface area contributed by atoms with E-state index in [1.54, 1.807) is 32.4 Å². The molecule has 4 rings (SSSR count). The third-order valence-corrected chi connectivity index (χ3v) is 5.65. The molecule has 9 heteroatoms. The number of carbonyl (C=O) groups is 1. The van der Waals surface area contributed by atoms with Crippen molar-refractivity contribution in [3.8, 4) is 11.5 Å². The van der Waals surface area contributed by atoms with Crippen LogP contribution >= 0.6 is 0 Å². The summed E-state index contributed by atoms with van der Waals surface area (Å²) in [6.07, 6.45) is -1.76. The van der Waals surface area contributed by atoms with Gasteiger partial charge in [-0.3, -0.25) is 4.79 Å². The fourth-order valence-corrected chi connectivity index (χ4v) is 4.32. The van der Waals surface area contributed by atoms with Crippen molar-refractivity contribution in [2.45, 2.75) is 76.3 Å². The number of hydrogen-bond acceptors (Lipinski definition) is 8. The van der Waals surface area contributed by atoms with E-state index in [2.05, 4.69) is 5.32 Å². The maximum atomic E-state index is 13.0. The second-order valence-electron chi connectivity index (χ2n) is 8.88. The van der Waals surface area contributed by atoms with Crippen LogP contribution < -0.4 is 14.8 Å². The summed E-state index contributed by atoms with van der Waals surface area (Å²) < 4.78 is 40.5. The van der Waals surface area contributed by atoms with E-state index < -0.39 is 36.1 Å². The molecule has 9 nitrogen and oxygen atoms in total. The summed E-state index contributed by atoms with van der Waals surface area (Å²) >= 11 is 0. The average molecular weight is 437 g/mol. The number of nitrogens with one attached hydrogen (secondary N) is 1. The quantitative estimate of drug-likeness (QED) is 0.720. The Balaban J connectivity index is 1.51. The lowest BCUT2D eigenvalue weighted by molar-refractivity contribution is -0.223. The molecule has 1 aromatic carbocycles. The van der Waals surface area contributed by atoms with Crippen LogP contribution in [0.2, 0.25) is 0 Å². The second kappa shape index (κ2) is 8.22. The van der Waals surface area contributed by atoms with Crippen molar-refractivity contribution in [3.05, 3.63) is 23.8 Å². The summed E-state index contributed by atoms with van der Waals surface area (Å²) in [4.78, 5) is 13.0. The number of carbonyl (C=O) groups excluding carboxylic acids is 1. The number of amides is 1. The fourth-order valence-electron chi connectivity index (χ4n) is 4.32. The first kappa shape index (κ1) is 22.3. The summed E-state index contributed by atoms with van der Waals surface area (Å²) in [5.74, 6) is -0.444. The van der Waals surface area contributed by atoms with Gasteiger partial charge in [0.25, 0.3) is 0 Å². The molecule has 0 bridgehead atoms. The third-order valence-electron chi connectivity index (χ3n) is 5.65. The highest BCUT2D eigenvalue weighted by atomic mass is 16.8. The summed E-state index contributed by atoms with van der Waals surface area (Å²) in [6, 6.07) is 4.90. The zero-order chi connectivity index (χ0) is 22.4. The zero-order valence-corrected chi connectivity index (χ0v) is 18.8. The van der Waals surface area contributed by atoms with Crippen LogP contribution in [0, 0.1) is 0 Å². The Kier molecular flexibility index (Phi) is 5.91. The molecule has 3 heterocycles. The topological polar surface area (TPSA) is 93.7 Å². The second-order valence-corrected chi connectivity index (χ2v) is 8.88. The standard InChI is InChI=1S/C22H31NO8/c1-21(2)27-11-15(29-21)18-17(19-20(28-18)31-22(3,4)30-19)23-16(24)10-12-9-13(25-5)7-8-14(12)26-6/h7-9,15,17-20H,10-11H2,1-6H3,(H,23,24)/t15-,17-,18-,19-,20-/m1/s1. The Morgan fingerprint density at radius 2 is 1.84 bits per heavy atom. The molecule has 172 valence electrons. The van der Waals surface area contributed by atoms with Gasteiger partial charge in [-0.1, -0.05) is 0 Å². The normalized spacial score (nSPS) is 33.2. The highest BCUT2D eigenvalue weighted by Crippen LogP contribution is 2.40. The average Bonchev–Trinajstić information content (AvgIpc) is 3.31. The monoisotopic (exact) mass is 437 g/mol. The van der Waals surface area contributed by atoms with Crippen molar-refractivity contribution in [1.29, 1.82) is 0 Å². The van der Waals surface area contributed by atoms with Crippen LogP contribution in [0.1, 0.15) is 33.3 Å².